The van der Waals surface area contributed by atoms with E-state index in [1.54, 1.807) is 0 Å². The molecule has 172 valence electrons. The van der Waals surface area contributed by atoms with Crippen LogP contribution in [0.4, 0.5) is 0 Å². The lowest BCUT2D eigenvalue weighted by Crippen LogP contribution is -2.25. The van der Waals surface area contributed by atoms with Crippen LogP contribution in [0.2, 0.25) is 0 Å². The Morgan fingerprint density at radius 3 is 2.23 bits per heavy atom. The summed E-state index contributed by atoms with van der Waals surface area (Å²) < 4.78 is 5.99. The minimum absolute atomic E-state index is 0.00835. The van der Waals surface area contributed by atoms with Gasteiger partial charge in [-0.1, -0.05) is 60.1 Å². The Labute approximate surface area is 194 Å². The van der Waals surface area contributed by atoms with Gasteiger partial charge in [0.05, 0.1) is 6.61 Å². The Balaban J connectivity index is 2.32. The molecular formula is C28H42O2S. The first-order valence-corrected chi connectivity index (χ1v) is 12.8. The molecule has 0 aliphatic rings. The van der Waals surface area contributed by atoms with Crippen LogP contribution < -0.4 is 4.74 Å². The minimum Gasteiger partial charge on any atom is -0.493 e. The van der Waals surface area contributed by atoms with Gasteiger partial charge < -0.3 is 4.74 Å². The van der Waals surface area contributed by atoms with Crippen molar-refractivity contribution >= 4 is 17.1 Å². The van der Waals surface area contributed by atoms with Crippen molar-refractivity contribution in [3.8, 4) is 5.75 Å². The van der Waals surface area contributed by atoms with Gasteiger partial charge in [0.15, 0.2) is 0 Å². The summed E-state index contributed by atoms with van der Waals surface area (Å²) in [6, 6.07) is 9.12. The second kappa shape index (κ2) is 10.8. The molecule has 3 heteroatoms. The summed E-state index contributed by atoms with van der Waals surface area (Å²) in [6.45, 7) is 18.0. The lowest BCUT2D eigenvalue weighted by molar-refractivity contribution is -0.126. The summed E-state index contributed by atoms with van der Waals surface area (Å²) in [5.74, 6) is 1.34. The predicted octanol–water partition coefficient (Wildman–Crippen LogP) is 8.20. The van der Waals surface area contributed by atoms with E-state index in [0.29, 0.717) is 12.2 Å². The topological polar surface area (TPSA) is 26.3 Å². The first-order valence-electron chi connectivity index (χ1n) is 12.0. The summed E-state index contributed by atoms with van der Waals surface area (Å²) in [5, 5.41) is 0. The normalized spacial score (nSPS) is 12.3. The van der Waals surface area contributed by atoms with Crippen molar-refractivity contribution in [1.82, 2.24) is 0 Å². The zero-order valence-corrected chi connectivity index (χ0v) is 21.8. The van der Waals surface area contributed by atoms with E-state index in [2.05, 4.69) is 58.9 Å². The van der Waals surface area contributed by atoms with Gasteiger partial charge in [-0.15, -0.1) is 11.3 Å². The number of unbranched alkanes of at least 4 members (excludes halogenated alkanes) is 1. The SMILES string of the molecule is CCCCOc1ccc(C(CC)(CC)c2cc(C)c(CCC(=O)C(C)(C)C)s2)cc1C. The second-order valence-electron chi connectivity index (χ2n) is 9.86. The van der Waals surface area contributed by atoms with Crippen LogP contribution in [0.1, 0.15) is 100 Å². The monoisotopic (exact) mass is 442 g/mol. The Bertz CT molecular complexity index is 866. The van der Waals surface area contributed by atoms with Gasteiger partial charge in [0.25, 0.3) is 0 Å². The highest BCUT2D eigenvalue weighted by atomic mass is 32.1. The summed E-state index contributed by atoms with van der Waals surface area (Å²) >= 11 is 1.91. The smallest absolute Gasteiger partial charge is 0.138 e. The maximum absolute atomic E-state index is 12.4. The standard InChI is InChI=1S/C28H42O2S/c1-9-12-17-30-23-14-13-22(18-20(23)4)28(10-2,11-3)26-19-21(5)24(31-26)15-16-25(29)27(6,7)8/h13-14,18-19H,9-12,15-17H2,1-8H3. The number of rotatable bonds is 11. The molecule has 2 nitrogen and oxygen atoms in total. The lowest BCUT2D eigenvalue weighted by Gasteiger charge is -2.32. The van der Waals surface area contributed by atoms with E-state index in [9.17, 15) is 4.79 Å². The molecule has 0 N–H and O–H groups in total. The average Bonchev–Trinajstić information content (AvgIpc) is 3.09. The van der Waals surface area contributed by atoms with Crippen LogP contribution in [-0.4, -0.2) is 12.4 Å². The van der Waals surface area contributed by atoms with Gasteiger partial charge in [-0.2, -0.15) is 0 Å². The molecule has 0 radical (unpaired) electrons. The zero-order chi connectivity index (χ0) is 23.2. The number of hydrogen-bond acceptors (Lipinski definition) is 3. The van der Waals surface area contributed by atoms with E-state index < -0.39 is 0 Å². The number of aryl methyl sites for hydroxylation is 3. The fourth-order valence-corrected chi connectivity index (χ4v) is 5.72. The van der Waals surface area contributed by atoms with Crippen LogP contribution in [0, 0.1) is 19.3 Å². The van der Waals surface area contributed by atoms with E-state index in [1.807, 2.05) is 32.1 Å². The van der Waals surface area contributed by atoms with Gasteiger partial charge in [-0.05, 0) is 68.4 Å². The fraction of sp³-hybridized carbons (Fsp3) is 0.607. The molecular weight excluding hydrogens is 400 g/mol. The maximum atomic E-state index is 12.4. The Morgan fingerprint density at radius 2 is 1.68 bits per heavy atom. The van der Waals surface area contributed by atoms with Gasteiger partial charge in [0.1, 0.15) is 11.5 Å². The number of ether oxygens (including phenoxy) is 1. The van der Waals surface area contributed by atoms with Crippen molar-refractivity contribution in [3.63, 3.8) is 0 Å². The summed E-state index contributed by atoms with van der Waals surface area (Å²) in [7, 11) is 0. The van der Waals surface area contributed by atoms with Gasteiger partial charge in [0, 0.05) is 27.0 Å². The van der Waals surface area contributed by atoms with Crippen LogP contribution in [0.3, 0.4) is 0 Å². The quantitative estimate of drug-likeness (QED) is 0.328. The Hall–Kier alpha value is -1.61. The first kappa shape index (κ1) is 25.6. The van der Waals surface area contributed by atoms with Gasteiger partial charge >= 0.3 is 0 Å². The lowest BCUT2D eigenvalue weighted by atomic mass is 9.74. The first-order chi connectivity index (χ1) is 14.6. The van der Waals surface area contributed by atoms with E-state index in [1.165, 1.54) is 26.4 Å². The zero-order valence-electron chi connectivity index (χ0n) is 21.0. The molecule has 1 heterocycles. The highest BCUT2D eigenvalue weighted by Crippen LogP contribution is 2.44. The van der Waals surface area contributed by atoms with Crippen molar-refractivity contribution in [2.45, 2.75) is 99.3 Å². The third kappa shape index (κ3) is 6.00. The number of carbonyl (C=O) groups is 1. The summed E-state index contributed by atoms with van der Waals surface area (Å²) in [4.78, 5) is 15.2. The number of carbonyl (C=O) groups excluding carboxylic acids is 1. The molecule has 1 aromatic carbocycles. The van der Waals surface area contributed by atoms with Crippen molar-refractivity contribution in [2.24, 2.45) is 5.41 Å². The number of benzene rings is 1. The third-order valence-electron chi connectivity index (χ3n) is 6.60. The summed E-state index contributed by atoms with van der Waals surface area (Å²) in [5.41, 5.74) is 3.65. The molecule has 1 aromatic heterocycles. The van der Waals surface area contributed by atoms with E-state index in [-0.39, 0.29) is 10.8 Å². The molecule has 0 amide bonds. The predicted molar refractivity (Wildman–Crippen MR) is 135 cm³/mol. The second-order valence-corrected chi connectivity index (χ2v) is 11.0. The van der Waals surface area contributed by atoms with Crippen LogP contribution in [0.15, 0.2) is 24.3 Å². The number of Topliss-reactive ketones (excluding diaryl/α,β-unsaturated/α-hetero) is 1. The van der Waals surface area contributed by atoms with E-state index in [0.717, 1.165) is 44.5 Å². The Kier molecular flexibility index (Phi) is 8.94. The number of hydrogen-bond donors (Lipinski definition) is 0. The van der Waals surface area contributed by atoms with E-state index in [4.69, 9.17) is 4.74 Å². The van der Waals surface area contributed by atoms with Crippen molar-refractivity contribution in [2.75, 3.05) is 6.61 Å². The molecule has 0 saturated carbocycles. The highest BCUT2D eigenvalue weighted by molar-refractivity contribution is 7.12. The van der Waals surface area contributed by atoms with Crippen LogP contribution in [0.25, 0.3) is 0 Å². The molecule has 31 heavy (non-hydrogen) atoms. The fourth-order valence-electron chi connectivity index (χ4n) is 4.19. The highest BCUT2D eigenvalue weighted by Gasteiger charge is 2.33. The number of thiophene rings is 1. The molecule has 0 bridgehead atoms. The van der Waals surface area contributed by atoms with Crippen molar-refractivity contribution < 1.29 is 9.53 Å². The molecule has 0 unspecified atom stereocenters. The molecule has 0 aliphatic heterocycles. The minimum atomic E-state index is -0.261. The van der Waals surface area contributed by atoms with Crippen LogP contribution >= 0.6 is 11.3 Å². The maximum Gasteiger partial charge on any atom is 0.138 e. The average molecular weight is 443 g/mol. The van der Waals surface area contributed by atoms with Crippen LogP contribution in [0.5, 0.6) is 5.75 Å². The van der Waals surface area contributed by atoms with E-state index >= 15 is 0 Å². The van der Waals surface area contributed by atoms with Gasteiger partial charge in [-0.25, -0.2) is 0 Å². The van der Waals surface area contributed by atoms with Crippen molar-refractivity contribution in [3.05, 3.63) is 50.7 Å². The third-order valence-corrected chi connectivity index (χ3v) is 8.10. The molecule has 0 saturated heterocycles. The number of ketones is 1. The van der Waals surface area contributed by atoms with Crippen molar-refractivity contribution in [1.29, 1.82) is 0 Å². The van der Waals surface area contributed by atoms with Gasteiger partial charge in [-0.3, -0.25) is 4.79 Å². The molecule has 2 rings (SSSR count). The molecule has 0 spiro atoms. The molecule has 0 aliphatic carbocycles. The molecule has 0 atom stereocenters. The molecule has 0 fully saturated rings. The van der Waals surface area contributed by atoms with Crippen LogP contribution in [-0.2, 0) is 16.6 Å². The molecule has 2 aromatic rings. The summed E-state index contributed by atoms with van der Waals surface area (Å²) in [6.07, 6.45) is 5.81. The largest absolute Gasteiger partial charge is 0.493 e. The Morgan fingerprint density at radius 1 is 1.00 bits per heavy atom. The van der Waals surface area contributed by atoms with Gasteiger partial charge in [0.2, 0.25) is 0 Å².